The highest BCUT2D eigenvalue weighted by Gasteiger charge is 2.32. The van der Waals surface area contributed by atoms with Gasteiger partial charge in [0.15, 0.2) is 0 Å². The normalized spacial score (nSPS) is 12.9. The van der Waals surface area contributed by atoms with Crippen molar-refractivity contribution < 1.29 is 32.4 Å². The number of nitrogens with one attached hydrogen (secondary N) is 1. The highest BCUT2D eigenvalue weighted by atomic mass is 19.4. The quantitative estimate of drug-likeness (QED) is 0.519. The molecule has 2 aromatic rings. The summed E-state index contributed by atoms with van der Waals surface area (Å²) >= 11 is 0. The van der Waals surface area contributed by atoms with Crippen LogP contribution in [0.3, 0.4) is 0 Å². The van der Waals surface area contributed by atoms with E-state index in [1.807, 2.05) is 0 Å². The van der Waals surface area contributed by atoms with Gasteiger partial charge in [-0.25, -0.2) is 0 Å². The van der Waals surface area contributed by atoms with Gasteiger partial charge in [-0.1, -0.05) is 0 Å². The first kappa shape index (κ1) is 15.6. The molecule has 1 atom stereocenters. The van der Waals surface area contributed by atoms with Gasteiger partial charge in [0.25, 0.3) is 12.2 Å². The fraction of sp³-hybridized carbons (Fsp3) is 0.250. The van der Waals surface area contributed by atoms with Gasteiger partial charge in [0.2, 0.25) is 0 Å². The van der Waals surface area contributed by atoms with Crippen LogP contribution in [0.2, 0.25) is 0 Å². The second-order valence-electron chi connectivity index (χ2n) is 4.29. The van der Waals surface area contributed by atoms with Crippen LogP contribution in [0, 0.1) is 10.1 Å². The van der Waals surface area contributed by atoms with E-state index < -0.39 is 28.8 Å². The van der Waals surface area contributed by atoms with Crippen LogP contribution < -0.4 is 4.74 Å². The predicted octanol–water partition coefficient (Wildman–Crippen LogP) is 3.21. The topological polar surface area (TPSA) is 94.5 Å². The van der Waals surface area contributed by atoms with Crippen molar-refractivity contribution in [3.05, 3.63) is 34.0 Å². The first-order valence-corrected chi connectivity index (χ1v) is 5.87. The number of aromatic nitrogens is 1. The van der Waals surface area contributed by atoms with Crippen LogP contribution in [0.25, 0.3) is 10.9 Å². The summed E-state index contributed by atoms with van der Waals surface area (Å²) in [6, 6.07) is 1.66. The van der Waals surface area contributed by atoms with E-state index in [1.54, 1.807) is 0 Å². The van der Waals surface area contributed by atoms with Gasteiger partial charge in [0.1, 0.15) is 17.4 Å². The number of fused-ring (bicyclic) bond motifs is 1. The number of ether oxygens (including phenoxy) is 2. The van der Waals surface area contributed by atoms with Crippen molar-refractivity contribution in [2.24, 2.45) is 0 Å². The van der Waals surface area contributed by atoms with Gasteiger partial charge in [-0.2, -0.15) is 0 Å². The molecule has 1 heterocycles. The molecule has 1 unspecified atom stereocenters. The minimum atomic E-state index is -4.98. The van der Waals surface area contributed by atoms with Crippen molar-refractivity contribution >= 4 is 23.1 Å². The number of halogens is 3. The molecule has 0 aliphatic rings. The van der Waals surface area contributed by atoms with Gasteiger partial charge in [-0.3, -0.25) is 14.9 Å². The van der Waals surface area contributed by atoms with E-state index in [1.165, 1.54) is 13.1 Å². The van der Waals surface area contributed by atoms with Gasteiger partial charge >= 0.3 is 6.36 Å². The molecular weight excluding hydrogens is 309 g/mol. The van der Waals surface area contributed by atoms with Crippen molar-refractivity contribution in [3.8, 4) is 5.75 Å². The zero-order valence-electron chi connectivity index (χ0n) is 11.0. The smallest absolute Gasteiger partial charge is 0.460 e. The minimum absolute atomic E-state index is 0.0101. The zero-order chi connectivity index (χ0) is 16.5. The van der Waals surface area contributed by atoms with Crippen molar-refractivity contribution in [1.82, 2.24) is 4.98 Å². The van der Waals surface area contributed by atoms with E-state index in [9.17, 15) is 28.1 Å². The Hall–Kier alpha value is -2.78. The van der Waals surface area contributed by atoms with E-state index in [-0.39, 0.29) is 22.9 Å². The van der Waals surface area contributed by atoms with Crippen LogP contribution in [-0.2, 0) is 9.53 Å². The van der Waals surface area contributed by atoms with Crippen LogP contribution >= 0.6 is 0 Å². The molecule has 0 aliphatic carbocycles. The van der Waals surface area contributed by atoms with E-state index in [0.717, 1.165) is 6.07 Å². The second-order valence-corrected chi connectivity index (χ2v) is 4.29. The number of hydrogen-bond donors (Lipinski definition) is 1. The molecule has 7 nitrogen and oxygen atoms in total. The predicted molar refractivity (Wildman–Crippen MR) is 67.2 cm³/mol. The Kier molecular flexibility index (Phi) is 3.93. The lowest BCUT2D eigenvalue weighted by Crippen LogP contribution is -2.17. The maximum absolute atomic E-state index is 12.3. The van der Waals surface area contributed by atoms with Crippen molar-refractivity contribution in [1.29, 1.82) is 0 Å². The molecule has 0 fully saturated rings. The number of aromatic amines is 1. The molecule has 2 rings (SSSR count). The monoisotopic (exact) mass is 318 g/mol. The molecular formula is C12H9F3N2O5. The molecule has 22 heavy (non-hydrogen) atoms. The number of benzene rings is 1. The summed E-state index contributed by atoms with van der Waals surface area (Å²) in [6.45, 7) is 1.65. The van der Waals surface area contributed by atoms with Crippen LogP contribution in [0.4, 0.5) is 18.9 Å². The number of nitrogens with zero attached hydrogens (tertiary/aromatic N) is 1. The molecule has 0 amide bonds. The van der Waals surface area contributed by atoms with Crippen LogP contribution in [-0.4, -0.2) is 22.7 Å². The number of H-pyrrole nitrogens is 1. The number of hydrogen-bond acceptors (Lipinski definition) is 5. The third-order valence-corrected chi connectivity index (χ3v) is 2.90. The van der Waals surface area contributed by atoms with Gasteiger partial charge in [0, 0.05) is 17.1 Å². The molecule has 0 bridgehead atoms. The fourth-order valence-electron chi connectivity index (χ4n) is 2.04. The van der Waals surface area contributed by atoms with E-state index >= 15 is 0 Å². The Morgan fingerprint density at radius 2 is 2.09 bits per heavy atom. The lowest BCUT2D eigenvalue weighted by molar-refractivity contribution is -0.383. The number of non-ortho nitro benzene ring substituents is 1. The van der Waals surface area contributed by atoms with Crippen LogP contribution in [0.1, 0.15) is 18.6 Å². The minimum Gasteiger partial charge on any atom is -0.460 e. The van der Waals surface area contributed by atoms with E-state index in [2.05, 4.69) is 9.72 Å². The van der Waals surface area contributed by atoms with Gasteiger partial charge in [-0.05, 0) is 13.0 Å². The summed E-state index contributed by atoms with van der Waals surface area (Å²) in [5, 5.41) is 11.1. The number of nitro groups is 1. The number of rotatable bonds is 5. The Labute approximate surface area is 120 Å². The molecule has 0 saturated heterocycles. The summed E-state index contributed by atoms with van der Waals surface area (Å²) in [6.07, 6.45) is -4.46. The largest absolute Gasteiger partial charge is 0.573 e. The third kappa shape index (κ3) is 3.10. The fourth-order valence-corrected chi connectivity index (χ4v) is 2.04. The Balaban J connectivity index is 2.62. The molecule has 10 heteroatoms. The summed E-state index contributed by atoms with van der Waals surface area (Å²) in [5.41, 5.74) is -0.282. The van der Waals surface area contributed by atoms with Crippen molar-refractivity contribution in [2.45, 2.75) is 19.4 Å². The molecule has 0 spiro atoms. The average molecular weight is 318 g/mol. The molecule has 1 aromatic heterocycles. The molecule has 118 valence electrons. The molecule has 1 aromatic carbocycles. The molecule has 1 N–H and O–H groups in total. The van der Waals surface area contributed by atoms with Crippen molar-refractivity contribution in [2.75, 3.05) is 0 Å². The highest BCUT2D eigenvalue weighted by molar-refractivity contribution is 5.92. The number of alkyl halides is 3. The second kappa shape index (κ2) is 5.54. The molecule has 0 radical (unpaired) electrons. The Bertz CT molecular complexity index is 725. The standard InChI is InChI=1S/C12H9F3N2O5/c1-6(21-5-18)9-4-16-11-8(9)2-7(22-12(13,14)15)3-10(11)17(19)20/h2-6,16H,1H3. The average Bonchev–Trinajstić information content (AvgIpc) is 2.79. The summed E-state index contributed by atoms with van der Waals surface area (Å²) in [5.74, 6) is -0.731. The first-order valence-electron chi connectivity index (χ1n) is 5.87. The highest BCUT2D eigenvalue weighted by Crippen LogP contribution is 2.36. The van der Waals surface area contributed by atoms with E-state index in [4.69, 9.17) is 4.74 Å². The van der Waals surface area contributed by atoms with Gasteiger partial charge in [-0.15, -0.1) is 13.2 Å². The zero-order valence-corrected chi connectivity index (χ0v) is 11.0. The molecule has 0 aliphatic heterocycles. The maximum atomic E-state index is 12.3. The third-order valence-electron chi connectivity index (χ3n) is 2.90. The van der Waals surface area contributed by atoms with Crippen LogP contribution in [0.15, 0.2) is 18.3 Å². The Morgan fingerprint density at radius 3 is 2.64 bits per heavy atom. The SMILES string of the molecule is CC(OC=O)c1c[nH]c2c([N+](=O)[O-])cc(OC(F)(F)F)cc12. The lowest BCUT2D eigenvalue weighted by Gasteiger charge is -2.11. The number of carbonyl (C=O) groups excluding carboxylic acids is 1. The summed E-state index contributed by atoms with van der Waals surface area (Å²) < 4.78 is 45.4. The Morgan fingerprint density at radius 1 is 1.41 bits per heavy atom. The lowest BCUT2D eigenvalue weighted by atomic mass is 10.1. The number of carbonyl (C=O) groups is 1. The maximum Gasteiger partial charge on any atom is 0.573 e. The summed E-state index contributed by atoms with van der Waals surface area (Å²) in [4.78, 5) is 23.1. The molecule has 0 saturated carbocycles. The summed E-state index contributed by atoms with van der Waals surface area (Å²) in [7, 11) is 0. The first-order chi connectivity index (χ1) is 10.2. The van der Waals surface area contributed by atoms with Crippen LogP contribution in [0.5, 0.6) is 5.75 Å². The van der Waals surface area contributed by atoms with Gasteiger partial charge in [0.05, 0.1) is 11.0 Å². The number of nitro benzene ring substituents is 1. The van der Waals surface area contributed by atoms with Crippen molar-refractivity contribution in [3.63, 3.8) is 0 Å². The van der Waals surface area contributed by atoms with E-state index in [0.29, 0.717) is 6.07 Å². The van der Waals surface area contributed by atoms with Gasteiger partial charge < -0.3 is 14.5 Å².